The van der Waals surface area contributed by atoms with Crippen LogP contribution in [-0.2, 0) is 9.47 Å². The summed E-state index contributed by atoms with van der Waals surface area (Å²) in [5.41, 5.74) is 1.52. The van der Waals surface area contributed by atoms with E-state index in [1.807, 2.05) is 0 Å². The minimum Gasteiger partial charge on any atom is -0.379 e. The van der Waals surface area contributed by atoms with Crippen LogP contribution in [0.4, 0.5) is 0 Å². The second kappa shape index (κ2) is 12.7. The lowest BCUT2D eigenvalue weighted by atomic mass is 9.88. The van der Waals surface area contributed by atoms with Crippen molar-refractivity contribution in [1.82, 2.24) is 9.80 Å². The van der Waals surface area contributed by atoms with E-state index in [0.29, 0.717) is 5.92 Å². The van der Waals surface area contributed by atoms with E-state index in [-0.39, 0.29) is 24.8 Å². The van der Waals surface area contributed by atoms with Gasteiger partial charge in [0.25, 0.3) is 0 Å². The number of nitrogens with zero attached hydrogens (tertiary/aromatic N) is 2. The maximum absolute atomic E-state index is 5.52. The molecule has 29 heavy (non-hydrogen) atoms. The molecule has 2 aliphatic rings. The molecule has 4 rings (SSSR count). The number of ether oxygens (including phenoxy) is 2. The minimum absolute atomic E-state index is 0. The van der Waals surface area contributed by atoms with Crippen molar-refractivity contribution >= 4 is 35.6 Å². The number of morpholine rings is 2. The molecule has 0 atom stereocenters. The van der Waals surface area contributed by atoms with Gasteiger partial charge in [0.2, 0.25) is 0 Å². The summed E-state index contributed by atoms with van der Waals surface area (Å²) < 4.78 is 11.0. The van der Waals surface area contributed by atoms with Crippen LogP contribution < -0.4 is 0 Å². The molecule has 0 amide bonds. The third-order valence-corrected chi connectivity index (χ3v) is 6.06. The van der Waals surface area contributed by atoms with E-state index in [0.717, 1.165) is 52.6 Å². The largest absolute Gasteiger partial charge is 0.379 e. The summed E-state index contributed by atoms with van der Waals surface area (Å²) in [5, 5.41) is 2.78. The molecule has 2 heterocycles. The number of benzene rings is 2. The fraction of sp³-hybridized carbons (Fsp3) is 0.565. The maximum atomic E-state index is 5.52. The first-order chi connectivity index (χ1) is 13.4. The molecule has 0 aromatic heterocycles. The third kappa shape index (κ3) is 6.81. The molecule has 2 aromatic carbocycles. The van der Waals surface area contributed by atoms with Crippen LogP contribution in [0, 0.1) is 0 Å². The number of halogens is 2. The van der Waals surface area contributed by atoms with E-state index in [4.69, 9.17) is 9.47 Å². The van der Waals surface area contributed by atoms with Crippen molar-refractivity contribution in [3.05, 3.63) is 48.0 Å². The monoisotopic (exact) mass is 440 g/mol. The van der Waals surface area contributed by atoms with E-state index in [1.165, 1.54) is 42.3 Å². The predicted molar refractivity (Wildman–Crippen MR) is 125 cm³/mol. The molecule has 2 aromatic rings. The van der Waals surface area contributed by atoms with Crippen molar-refractivity contribution in [3.8, 4) is 0 Å². The van der Waals surface area contributed by atoms with Gasteiger partial charge >= 0.3 is 0 Å². The second-order valence-electron chi connectivity index (χ2n) is 7.75. The highest BCUT2D eigenvalue weighted by atomic mass is 35.5. The lowest BCUT2D eigenvalue weighted by Gasteiger charge is -2.31. The minimum atomic E-state index is 0. The van der Waals surface area contributed by atoms with Gasteiger partial charge in [-0.25, -0.2) is 0 Å². The Morgan fingerprint density at radius 1 is 0.690 bits per heavy atom. The zero-order valence-corrected chi connectivity index (χ0v) is 18.8. The Labute approximate surface area is 187 Å². The van der Waals surface area contributed by atoms with Gasteiger partial charge < -0.3 is 9.47 Å². The summed E-state index contributed by atoms with van der Waals surface area (Å²) >= 11 is 0. The second-order valence-corrected chi connectivity index (χ2v) is 7.75. The molecule has 0 bridgehead atoms. The predicted octanol–water partition coefficient (Wildman–Crippen LogP) is 4.21. The smallest absolute Gasteiger partial charge is 0.0594 e. The molecule has 0 saturated carbocycles. The first-order valence-corrected chi connectivity index (χ1v) is 10.5. The first kappa shape index (κ1) is 24.4. The Kier molecular flexibility index (Phi) is 10.7. The molecule has 4 nitrogen and oxygen atoms in total. The summed E-state index contributed by atoms with van der Waals surface area (Å²) in [4.78, 5) is 5.13. The fourth-order valence-corrected chi connectivity index (χ4v) is 4.39. The Balaban J connectivity index is 0.00000150. The van der Waals surface area contributed by atoms with Gasteiger partial charge in [-0.15, -0.1) is 24.8 Å². The molecule has 0 radical (unpaired) electrons. The third-order valence-electron chi connectivity index (χ3n) is 6.06. The molecular weight excluding hydrogens is 407 g/mol. The lowest BCUT2D eigenvalue weighted by molar-refractivity contribution is 0.0326. The van der Waals surface area contributed by atoms with E-state index in [9.17, 15) is 0 Å². The van der Waals surface area contributed by atoms with Crippen LogP contribution in [0.1, 0.15) is 24.3 Å². The zero-order valence-electron chi connectivity index (χ0n) is 17.1. The summed E-state index contributed by atoms with van der Waals surface area (Å²) in [6.45, 7) is 10.2. The highest BCUT2D eigenvalue weighted by molar-refractivity contribution is 5.86. The summed E-state index contributed by atoms with van der Waals surface area (Å²) in [5.74, 6) is 0.599. The molecule has 0 aliphatic carbocycles. The lowest BCUT2D eigenvalue weighted by Crippen LogP contribution is -2.38. The van der Waals surface area contributed by atoms with Crippen LogP contribution in [0.2, 0.25) is 0 Å². The van der Waals surface area contributed by atoms with E-state index >= 15 is 0 Å². The SMILES string of the molecule is Cl.Cl.c1ccc2c(C(CCN3CCOCC3)CCN3CCOCC3)cccc2c1. The molecule has 0 unspecified atom stereocenters. The number of rotatable bonds is 7. The normalized spacial score (nSPS) is 18.4. The van der Waals surface area contributed by atoms with Crippen LogP contribution >= 0.6 is 24.8 Å². The highest BCUT2D eigenvalue weighted by Gasteiger charge is 2.19. The van der Waals surface area contributed by atoms with Crippen LogP contribution in [-0.4, -0.2) is 75.5 Å². The van der Waals surface area contributed by atoms with Gasteiger partial charge in [-0.2, -0.15) is 0 Å². The van der Waals surface area contributed by atoms with Crippen LogP contribution in [0.5, 0.6) is 0 Å². The molecule has 2 fully saturated rings. The highest BCUT2D eigenvalue weighted by Crippen LogP contribution is 2.31. The zero-order chi connectivity index (χ0) is 18.3. The molecule has 0 spiro atoms. The van der Waals surface area contributed by atoms with Crippen molar-refractivity contribution < 1.29 is 9.47 Å². The van der Waals surface area contributed by atoms with E-state index < -0.39 is 0 Å². The van der Waals surface area contributed by atoms with Gasteiger partial charge in [-0.1, -0.05) is 42.5 Å². The van der Waals surface area contributed by atoms with Crippen molar-refractivity contribution in [1.29, 1.82) is 0 Å². The molecule has 162 valence electrons. The van der Waals surface area contributed by atoms with Crippen molar-refractivity contribution in [3.63, 3.8) is 0 Å². The molecule has 6 heteroatoms. The number of fused-ring (bicyclic) bond motifs is 1. The first-order valence-electron chi connectivity index (χ1n) is 10.5. The fourth-order valence-electron chi connectivity index (χ4n) is 4.39. The average Bonchev–Trinajstić information content (AvgIpc) is 2.75. The molecular formula is C23H34Cl2N2O2. The van der Waals surface area contributed by atoms with E-state index in [1.54, 1.807) is 0 Å². The van der Waals surface area contributed by atoms with E-state index in [2.05, 4.69) is 52.3 Å². The summed E-state index contributed by atoms with van der Waals surface area (Å²) in [6, 6.07) is 15.7. The van der Waals surface area contributed by atoms with Crippen molar-refractivity contribution in [2.45, 2.75) is 18.8 Å². The molecule has 2 aliphatic heterocycles. The van der Waals surface area contributed by atoms with Gasteiger partial charge in [0.1, 0.15) is 0 Å². The molecule has 0 N–H and O–H groups in total. The maximum Gasteiger partial charge on any atom is 0.0594 e. The number of hydrogen-bond donors (Lipinski definition) is 0. The van der Waals surface area contributed by atoms with Crippen LogP contribution in [0.15, 0.2) is 42.5 Å². The van der Waals surface area contributed by atoms with Gasteiger partial charge in [0.05, 0.1) is 26.4 Å². The Bertz CT molecular complexity index is 692. The van der Waals surface area contributed by atoms with Gasteiger partial charge in [0.15, 0.2) is 0 Å². The summed E-state index contributed by atoms with van der Waals surface area (Å²) in [6.07, 6.45) is 2.44. The standard InChI is InChI=1S/C23H32N2O2.2ClH/c1-2-6-22-20(4-1)5-3-7-23(22)21(8-10-24-12-16-26-17-13-24)9-11-25-14-18-27-19-15-25;;/h1-7,21H,8-19H2;2*1H. The topological polar surface area (TPSA) is 24.9 Å². The van der Waals surface area contributed by atoms with Crippen molar-refractivity contribution in [2.75, 3.05) is 65.7 Å². The number of hydrogen-bond acceptors (Lipinski definition) is 4. The quantitative estimate of drug-likeness (QED) is 0.643. The average molecular weight is 441 g/mol. The van der Waals surface area contributed by atoms with Gasteiger partial charge in [0, 0.05) is 26.2 Å². The Morgan fingerprint density at radius 3 is 1.79 bits per heavy atom. The van der Waals surface area contributed by atoms with Crippen LogP contribution in [0.3, 0.4) is 0 Å². The Hall–Kier alpha value is -0.880. The van der Waals surface area contributed by atoms with Gasteiger partial charge in [-0.3, -0.25) is 9.80 Å². The van der Waals surface area contributed by atoms with Gasteiger partial charge in [-0.05, 0) is 48.2 Å². The summed E-state index contributed by atoms with van der Waals surface area (Å²) in [7, 11) is 0. The van der Waals surface area contributed by atoms with Crippen LogP contribution in [0.25, 0.3) is 10.8 Å². The van der Waals surface area contributed by atoms with Crippen molar-refractivity contribution in [2.24, 2.45) is 0 Å². The molecule has 2 saturated heterocycles. The Morgan fingerprint density at radius 2 is 1.21 bits per heavy atom.